The molecule has 1 aliphatic rings. The normalized spacial score (nSPS) is 15.4. The molecule has 7 heteroatoms. The van der Waals surface area contributed by atoms with Crippen molar-refractivity contribution in [1.29, 1.82) is 0 Å². The summed E-state index contributed by atoms with van der Waals surface area (Å²) in [5, 5.41) is 0.661. The Labute approximate surface area is 154 Å². The lowest BCUT2D eigenvalue weighted by Crippen LogP contribution is -2.37. The van der Waals surface area contributed by atoms with E-state index in [-0.39, 0.29) is 13.2 Å². The summed E-state index contributed by atoms with van der Waals surface area (Å²) in [7, 11) is 1.52. The fraction of sp³-hybridized carbons (Fsp3) is 0.200. The van der Waals surface area contributed by atoms with Gasteiger partial charge in [0.15, 0.2) is 11.5 Å². The number of methoxy groups -OCH3 is 1. The zero-order valence-corrected chi connectivity index (χ0v) is 14.5. The van der Waals surface area contributed by atoms with Gasteiger partial charge in [0, 0.05) is 23.1 Å². The molecule has 2 aromatic carbocycles. The van der Waals surface area contributed by atoms with Crippen LogP contribution in [0.3, 0.4) is 0 Å². The van der Waals surface area contributed by atoms with E-state index < -0.39 is 17.7 Å². The van der Waals surface area contributed by atoms with Crippen molar-refractivity contribution in [2.45, 2.75) is 12.7 Å². The van der Waals surface area contributed by atoms with Crippen LogP contribution in [0.15, 0.2) is 57.7 Å². The van der Waals surface area contributed by atoms with E-state index >= 15 is 0 Å². The number of ether oxygens (including phenoxy) is 4. The largest absolute Gasteiger partial charge is 0.497 e. The quantitative estimate of drug-likeness (QED) is 0.517. The molecule has 0 amide bonds. The average Bonchev–Trinajstić information content (AvgIpc) is 2.70. The first-order valence-corrected chi connectivity index (χ1v) is 8.30. The molecule has 3 aromatic rings. The third kappa shape index (κ3) is 3.44. The second-order valence-electron chi connectivity index (χ2n) is 5.92. The van der Waals surface area contributed by atoms with Crippen molar-refractivity contribution in [3.63, 3.8) is 0 Å². The number of hydrogen-bond acceptors (Lipinski definition) is 7. The molecule has 1 atom stereocenters. The van der Waals surface area contributed by atoms with Crippen LogP contribution < -0.4 is 19.8 Å². The Bertz CT molecular complexity index is 1050. The number of carbonyl (C=O) groups is 1. The van der Waals surface area contributed by atoms with Crippen molar-refractivity contribution in [3.05, 3.63) is 64.5 Å². The van der Waals surface area contributed by atoms with Crippen LogP contribution in [0.2, 0.25) is 0 Å². The molecule has 2 heterocycles. The van der Waals surface area contributed by atoms with Gasteiger partial charge in [-0.15, -0.1) is 0 Å². The van der Waals surface area contributed by atoms with E-state index in [1.165, 1.54) is 13.2 Å². The Kier molecular flexibility index (Phi) is 4.42. The average molecular weight is 368 g/mol. The van der Waals surface area contributed by atoms with Crippen molar-refractivity contribution in [2.75, 3.05) is 13.7 Å². The molecule has 0 aliphatic carbocycles. The smallest absolute Gasteiger partial charge is 0.351 e. The number of hydrogen-bond donors (Lipinski definition) is 0. The Hall–Kier alpha value is -3.48. The summed E-state index contributed by atoms with van der Waals surface area (Å²) in [5.74, 6) is 1.07. The molecular weight excluding hydrogens is 352 g/mol. The standard InChI is InChI=1S/C20H16O7/c1-23-13-6-7-14-12(8-19(21)27-17(14)9-13)10-25-20(22)18-11-24-15-4-2-3-5-16(15)26-18/h2-9,18H,10-11H2,1H3. The van der Waals surface area contributed by atoms with Crippen molar-refractivity contribution in [2.24, 2.45) is 0 Å². The zero-order chi connectivity index (χ0) is 18.8. The number of benzene rings is 2. The molecule has 138 valence electrons. The molecule has 0 N–H and O–H groups in total. The summed E-state index contributed by atoms with van der Waals surface area (Å²) in [6.45, 7) is -0.0283. The van der Waals surface area contributed by atoms with E-state index in [2.05, 4.69) is 0 Å². The van der Waals surface area contributed by atoms with Crippen LogP contribution in [0.1, 0.15) is 5.56 Å². The van der Waals surface area contributed by atoms with Crippen LogP contribution in [-0.4, -0.2) is 25.8 Å². The van der Waals surface area contributed by atoms with Gasteiger partial charge >= 0.3 is 11.6 Å². The minimum Gasteiger partial charge on any atom is -0.497 e. The second kappa shape index (κ2) is 7.03. The van der Waals surface area contributed by atoms with Gasteiger partial charge in [0.2, 0.25) is 6.10 Å². The monoisotopic (exact) mass is 368 g/mol. The number of para-hydroxylation sites is 2. The van der Waals surface area contributed by atoms with E-state index in [0.29, 0.717) is 33.8 Å². The van der Waals surface area contributed by atoms with E-state index in [1.54, 1.807) is 36.4 Å². The molecule has 1 aliphatic heterocycles. The molecule has 27 heavy (non-hydrogen) atoms. The van der Waals surface area contributed by atoms with Gasteiger partial charge in [-0.05, 0) is 24.3 Å². The van der Waals surface area contributed by atoms with Crippen LogP contribution in [0.5, 0.6) is 17.2 Å². The molecule has 7 nitrogen and oxygen atoms in total. The molecular formula is C20H16O7. The summed E-state index contributed by atoms with van der Waals surface area (Å²) in [5.41, 5.74) is 0.362. The van der Waals surface area contributed by atoms with Crippen molar-refractivity contribution >= 4 is 16.9 Å². The summed E-state index contributed by atoms with van der Waals surface area (Å²) in [6, 6.07) is 13.5. The fourth-order valence-electron chi connectivity index (χ4n) is 2.83. The van der Waals surface area contributed by atoms with Crippen LogP contribution in [0.25, 0.3) is 11.0 Å². The molecule has 0 radical (unpaired) electrons. The lowest BCUT2D eigenvalue weighted by atomic mass is 10.1. The van der Waals surface area contributed by atoms with Gasteiger partial charge in [-0.2, -0.15) is 0 Å². The maximum Gasteiger partial charge on any atom is 0.351 e. The van der Waals surface area contributed by atoms with Gasteiger partial charge < -0.3 is 23.4 Å². The Morgan fingerprint density at radius 1 is 1.15 bits per heavy atom. The SMILES string of the molecule is COc1ccc2c(COC(=O)C3COc4ccccc4O3)cc(=O)oc2c1. The van der Waals surface area contributed by atoms with E-state index in [4.69, 9.17) is 23.4 Å². The number of carbonyl (C=O) groups excluding carboxylic acids is 1. The maximum atomic E-state index is 12.4. The first-order valence-electron chi connectivity index (χ1n) is 8.30. The highest BCUT2D eigenvalue weighted by Crippen LogP contribution is 2.31. The first kappa shape index (κ1) is 17.0. The summed E-state index contributed by atoms with van der Waals surface area (Å²) in [6.07, 6.45) is -0.869. The minimum absolute atomic E-state index is 0.0602. The predicted octanol–water partition coefficient (Wildman–Crippen LogP) is 2.68. The third-order valence-corrected chi connectivity index (χ3v) is 4.18. The minimum atomic E-state index is -0.869. The van der Waals surface area contributed by atoms with Gasteiger partial charge in [-0.1, -0.05) is 12.1 Å². The molecule has 0 saturated heterocycles. The first-order chi connectivity index (χ1) is 13.1. The van der Waals surface area contributed by atoms with Gasteiger partial charge in [0.1, 0.15) is 24.5 Å². The second-order valence-corrected chi connectivity index (χ2v) is 5.92. The van der Waals surface area contributed by atoms with Gasteiger partial charge in [0.05, 0.1) is 7.11 Å². The Balaban J connectivity index is 1.50. The lowest BCUT2D eigenvalue weighted by molar-refractivity contribution is -0.155. The topological polar surface area (TPSA) is 84.2 Å². The van der Waals surface area contributed by atoms with Crippen molar-refractivity contribution < 1.29 is 28.2 Å². The van der Waals surface area contributed by atoms with E-state index in [0.717, 1.165) is 0 Å². The highest BCUT2D eigenvalue weighted by molar-refractivity contribution is 5.82. The van der Waals surface area contributed by atoms with E-state index in [1.807, 2.05) is 6.07 Å². The maximum absolute atomic E-state index is 12.4. The van der Waals surface area contributed by atoms with Crippen LogP contribution in [0.4, 0.5) is 0 Å². The molecule has 0 fully saturated rings. The van der Waals surface area contributed by atoms with Gasteiger partial charge in [0.25, 0.3) is 0 Å². The zero-order valence-electron chi connectivity index (χ0n) is 14.5. The molecule has 0 saturated carbocycles. The number of fused-ring (bicyclic) bond motifs is 2. The van der Waals surface area contributed by atoms with Crippen molar-refractivity contribution in [3.8, 4) is 17.2 Å². The number of rotatable bonds is 4. The van der Waals surface area contributed by atoms with E-state index in [9.17, 15) is 9.59 Å². The highest BCUT2D eigenvalue weighted by Gasteiger charge is 2.28. The number of esters is 1. The van der Waals surface area contributed by atoms with Gasteiger partial charge in [-0.3, -0.25) is 0 Å². The lowest BCUT2D eigenvalue weighted by Gasteiger charge is -2.24. The Morgan fingerprint density at radius 2 is 1.96 bits per heavy atom. The molecule has 0 bridgehead atoms. The van der Waals surface area contributed by atoms with Crippen LogP contribution >= 0.6 is 0 Å². The summed E-state index contributed by atoms with van der Waals surface area (Å²) < 4.78 is 26.8. The Morgan fingerprint density at radius 3 is 2.78 bits per heavy atom. The third-order valence-electron chi connectivity index (χ3n) is 4.18. The molecule has 0 spiro atoms. The van der Waals surface area contributed by atoms with Crippen molar-refractivity contribution in [1.82, 2.24) is 0 Å². The van der Waals surface area contributed by atoms with Crippen LogP contribution in [0, 0.1) is 0 Å². The van der Waals surface area contributed by atoms with Crippen LogP contribution in [-0.2, 0) is 16.1 Å². The molecule has 1 aromatic heterocycles. The highest BCUT2D eigenvalue weighted by atomic mass is 16.6. The summed E-state index contributed by atoms with van der Waals surface area (Å²) >= 11 is 0. The summed E-state index contributed by atoms with van der Waals surface area (Å²) in [4.78, 5) is 24.1. The predicted molar refractivity (Wildman–Crippen MR) is 95.2 cm³/mol. The molecule has 1 unspecified atom stereocenters. The molecule has 4 rings (SSSR count). The fourth-order valence-corrected chi connectivity index (χ4v) is 2.83. The van der Waals surface area contributed by atoms with Gasteiger partial charge in [-0.25, -0.2) is 9.59 Å².